The van der Waals surface area contributed by atoms with Crippen LogP contribution in [0.3, 0.4) is 0 Å². The molecule has 0 spiro atoms. The van der Waals surface area contributed by atoms with Gasteiger partial charge in [-0.15, -0.1) is 11.3 Å². The molecule has 0 fully saturated rings. The number of ether oxygens (including phenoxy) is 2. The van der Waals surface area contributed by atoms with Gasteiger partial charge in [-0.3, -0.25) is 0 Å². The Balaban J connectivity index is 1.48. The van der Waals surface area contributed by atoms with Crippen molar-refractivity contribution in [2.24, 2.45) is 0 Å². The van der Waals surface area contributed by atoms with Crippen molar-refractivity contribution in [3.63, 3.8) is 0 Å². The first-order chi connectivity index (χ1) is 10.3. The molecule has 0 saturated heterocycles. The van der Waals surface area contributed by atoms with Crippen LogP contribution in [-0.2, 0) is 13.0 Å². The molecule has 110 valence electrons. The molecule has 2 aromatic rings. The highest BCUT2D eigenvalue weighted by Crippen LogP contribution is 2.38. The van der Waals surface area contributed by atoms with Crippen LogP contribution >= 0.6 is 22.9 Å². The number of nitrogens with one attached hydrogen (secondary N) is 1. The molecule has 1 aromatic heterocycles. The predicted octanol–water partition coefficient (Wildman–Crippen LogP) is 4.30. The molecule has 0 bridgehead atoms. The van der Waals surface area contributed by atoms with Crippen molar-refractivity contribution in [1.82, 2.24) is 5.32 Å². The summed E-state index contributed by atoms with van der Waals surface area (Å²) in [6, 6.07) is 8.65. The minimum atomic E-state index is 0.325. The van der Waals surface area contributed by atoms with Crippen LogP contribution in [0.2, 0.25) is 4.34 Å². The van der Waals surface area contributed by atoms with Gasteiger partial charge in [0.05, 0.1) is 4.34 Å². The fraction of sp³-hybridized carbons (Fsp3) is 0.375. The minimum absolute atomic E-state index is 0.325. The monoisotopic (exact) mass is 321 g/mol. The highest BCUT2D eigenvalue weighted by Gasteiger charge is 2.22. The zero-order valence-corrected chi connectivity index (χ0v) is 13.1. The Labute approximate surface area is 132 Å². The summed E-state index contributed by atoms with van der Waals surface area (Å²) in [4.78, 5) is 1.44. The lowest BCUT2D eigenvalue weighted by Crippen LogP contribution is -2.23. The Morgan fingerprint density at radius 3 is 3.10 bits per heavy atom. The number of benzene rings is 1. The Bertz CT molecular complexity index is 670. The number of halogens is 1. The molecule has 1 unspecified atom stereocenters. The summed E-state index contributed by atoms with van der Waals surface area (Å²) in [5.74, 6) is 1.68. The second-order valence-electron chi connectivity index (χ2n) is 5.44. The van der Waals surface area contributed by atoms with Gasteiger partial charge in [-0.25, -0.2) is 0 Å². The summed E-state index contributed by atoms with van der Waals surface area (Å²) >= 11 is 7.88. The van der Waals surface area contributed by atoms with E-state index in [4.69, 9.17) is 21.1 Å². The maximum atomic E-state index is 6.16. The Morgan fingerprint density at radius 1 is 1.24 bits per heavy atom. The van der Waals surface area contributed by atoms with Gasteiger partial charge in [0.25, 0.3) is 0 Å². The zero-order chi connectivity index (χ0) is 14.2. The lowest BCUT2D eigenvalue weighted by atomic mass is 9.94. The van der Waals surface area contributed by atoms with E-state index in [2.05, 4.69) is 23.5 Å². The van der Waals surface area contributed by atoms with E-state index in [-0.39, 0.29) is 0 Å². The average molecular weight is 322 g/mol. The summed E-state index contributed by atoms with van der Waals surface area (Å²) in [6.07, 6.45) is 3.56. The van der Waals surface area contributed by atoms with Crippen molar-refractivity contribution in [3.05, 3.63) is 44.6 Å². The quantitative estimate of drug-likeness (QED) is 0.914. The highest BCUT2D eigenvalue weighted by molar-refractivity contribution is 7.16. The molecule has 0 saturated carbocycles. The zero-order valence-electron chi connectivity index (χ0n) is 11.5. The number of rotatable bonds is 3. The van der Waals surface area contributed by atoms with Crippen LogP contribution in [0.5, 0.6) is 11.5 Å². The van der Waals surface area contributed by atoms with Gasteiger partial charge < -0.3 is 14.8 Å². The van der Waals surface area contributed by atoms with Gasteiger partial charge in [0, 0.05) is 17.5 Å². The number of fused-ring (bicyclic) bond motifs is 2. The van der Waals surface area contributed by atoms with E-state index in [9.17, 15) is 0 Å². The smallest absolute Gasteiger partial charge is 0.231 e. The van der Waals surface area contributed by atoms with Crippen LogP contribution in [-0.4, -0.2) is 6.79 Å². The molecule has 2 aliphatic rings. The number of aryl methyl sites for hydroxylation is 1. The van der Waals surface area contributed by atoms with Crippen LogP contribution in [0.4, 0.5) is 0 Å². The fourth-order valence-electron chi connectivity index (χ4n) is 3.03. The van der Waals surface area contributed by atoms with Gasteiger partial charge in [0.15, 0.2) is 11.5 Å². The number of hydrogen-bond donors (Lipinski definition) is 1. The van der Waals surface area contributed by atoms with E-state index < -0.39 is 0 Å². The van der Waals surface area contributed by atoms with Gasteiger partial charge in [0.2, 0.25) is 6.79 Å². The highest BCUT2D eigenvalue weighted by atomic mass is 35.5. The van der Waals surface area contributed by atoms with Gasteiger partial charge in [-0.2, -0.15) is 0 Å². The van der Waals surface area contributed by atoms with Gasteiger partial charge in [-0.1, -0.05) is 17.7 Å². The van der Waals surface area contributed by atoms with Gasteiger partial charge in [0.1, 0.15) is 0 Å². The first-order valence-electron chi connectivity index (χ1n) is 7.19. The predicted molar refractivity (Wildman–Crippen MR) is 84.4 cm³/mol. The first kappa shape index (κ1) is 13.4. The van der Waals surface area contributed by atoms with E-state index in [1.54, 1.807) is 11.3 Å². The Hall–Kier alpha value is -1.23. The molecule has 3 nitrogen and oxygen atoms in total. The van der Waals surface area contributed by atoms with Crippen LogP contribution in [0.25, 0.3) is 0 Å². The lowest BCUT2D eigenvalue weighted by Gasteiger charge is -2.23. The molecule has 1 aliphatic heterocycles. The molecule has 0 amide bonds. The first-order valence-corrected chi connectivity index (χ1v) is 8.39. The molecular weight excluding hydrogens is 306 g/mol. The third-order valence-electron chi connectivity index (χ3n) is 4.07. The van der Waals surface area contributed by atoms with Crippen LogP contribution in [0.1, 0.15) is 34.9 Å². The molecule has 21 heavy (non-hydrogen) atoms. The standard InChI is InChI=1S/C16H16ClNO2S/c17-16-7-11-12(2-1-3-15(11)21-16)18-8-10-4-5-13-14(6-10)20-9-19-13/h4-7,12,18H,1-3,8-9H2. The molecule has 2 heterocycles. The Kier molecular flexibility index (Phi) is 3.53. The van der Waals surface area contributed by atoms with Crippen molar-refractivity contribution in [2.45, 2.75) is 31.8 Å². The fourth-order valence-corrected chi connectivity index (χ4v) is 4.41. The molecule has 1 atom stereocenters. The van der Waals surface area contributed by atoms with Crippen molar-refractivity contribution < 1.29 is 9.47 Å². The van der Waals surface area contributed by atoms with Crippen molar-refractivity contribution in [2.75, 3.05) is 6.79 Å². The largest absolute Gasteiger partial charge is 0.454 e. The lowest BCUT2D eigenvalue weighted by molar-refractivity contribution is 0.174. The van der Waals surface area contributed by atoms with E-state index in [0.29, 0.717) is 12.8 Å². The third-order valence-corrected chi connectivity index (χ3v) is 5.41. The van der Waals surface area contributed by atoms with Gasteiger partial charge >= 0.3 is 0 Å². The second-order valence-corrected chi connectivity index (χ2v) is 7.21. The molecule has 4 rings (SSSR count). The topological polar surface area (TPSA) is 30.5 Å². The normalized spacial score (nSPS) is 19.6. The summed E-state index contributed by atoms with van der Waals surface area (Å²) < 4.78 is 11.7. The number of thiophene rings is 1. The maximum Gasteiger partial charge on any atom is 0.231 e. The van der Waals surface area contributed by atoms with Crippen LogP contribution < -0.4 is 14.8 Å². The maximum absolute atomic E-state index is 6.16. The molecule has 0 radical (unpaired) electrons. The molecule has 5 heteroatoms. The van der Waals surface area contributed by atoms with E-state index in [0.717, 1.165) is 28.8 Å². The third kappa shape index (κ3) is 2.63. The van der Waals surface area contributed by atoms with E-state index >= 15 is 0 Å². The van der Waals surface area contributed by atoms with Crippen molar-refractivity contribution in [3.8, 4) is 11.5 Å². The molecule has 1 aliphatic carbocycles. The van der Waals surface area contributed by atoms with E-state index in [1.165, 1.54) is 28.8 Å². The average Bonchev–Trinajstić information content (AvgIpc) is 3.09. The van der Waals surface area contributed by atoms with Gasteiger partial charge in [-0.05, 0) is 48.6 Å². The SMILES string of the molecule is Clc1cc2c(s1)CCCC2NCc1ccc2c(c1)OCO2. The van der Waals surface area contributed by atoms with Crippen LogP contribution in [0, 0.1) is 0 Å². The van der Waals surface area contributed by atoms with Crippen molar-refractivity contribution in [1.29, 1.82) is 0 Å². The second kappa shape index (κ2) is 5.52. The molecular formula is C16H16ClNO2S. The number of hydrogen-bond acceptors (Lipinski definition) is 4. The summed E-state index contributed by atoms with van der Waals surface area (Å²) in [7, 11) is 0. The summed E-state index contributed by atoms with van der Waals surface area (Å²) in [5, 5.41) is 3.65. The summed E-state index contributed by atoms with van der Waals surface area (Å²) in [6.45, 7) is 1.15. The Morgan fingerprint density at radius 2 is 2.14 bits per heavy atom. The van der Waals surface area contributed by atoms with E-state index in [1.807, 2.05) is 6.07 Å². The minimum Gasteiger partial charge on any atom is -0.454 e. The van der Waals surface area contributed by atoms with Crippen molar-refractivity contribution >= 4 is 22.9 Å². The summed E-state index contributed by atoms with van der Waals surface area (Å²) in [5.41, 5.74) is 2.60. The molecule has 1 aromatic carbocycles. The van der Waals surface area contributed by atoms with Crippen LogP contribution in [0.15, 0.2) is 24.3 Å². The molecule has 1 N–H and O–H groups in total.